The standard InChI is InChI=1S/C11H14O5/c1-14-9-5-2-3-6-10(9)16-11(13)15-8-4-7-12/h2-3,5-6,12H,4,7-8H2,1H3. The fourth-order valence-corrected chi connectivity index (χ4v) is 1.04. The Morgan fingerprint density at radius 3 is 2.62 bits per heavy atom. The fourth-order valence-electron chi connectivity index (χ4n) is 1.04. The monoisotopic (exact) mass is 226 g/mol. The summed E-state index contributed by atoms with van der Waals surface area (Å²) in [6.45, 7) is 0.104. The molecule has 0 radical (unpaired) electrons. The summed E-state index contributed by atoms with van der Waals surface area (Å²) in [6.07, 6.45) is -0.418. The molecule has 0 aliphatic carbocycles. The topological polar surface area (TPSA) is 65.0 Å². The highest BCUT2D eigenvalue weighted by Gasteiger charge is 2.09. The quantitative estimate of drug-likeness (QED) is 0.469. The highest BCUT2D eigenvalue weighted by molar-refractivity contribution is 5.65. The van der Waals surface area contributed by atoms with Crippen LogP contribution >= 0.6 is 0 Å². The molecule has 0 unspecified atom stereocenters. The van der Waals surface area contributed by atoms with E-state index in [1.54, 1.807) is 24.3 Å². The minimum absolute atomic E-state index is 0.0259. The molecule has 0 saturated heterocycles. The van der Waals surface area contributed by atoms with Crippen LogP contribution in [0.4, 0.5) is 4.79 Å². The Bertz CT molecular complexity index is 337. The van der Waals surface area contributed by atoms with Crippen LogP contribution in [0, 0.1) is 0 Å². The van der Waals surface area contributed by atoms with E-state index in [9.17, 15) is 4.79 Å². The maximum Gasteiger partial charge on any atom is 0.513 e. The third kappa shape index (κ3) is 3.78. The van der Waals surface area contributed by atoms with Crippen LogP contribution in [0.1, 0.15) is 6.42 Å². The molecule has 0 saturated carbocycles. The smallest absolute Gasteiger partial charge is 0.493 e. The zero-order chi connectivity index (χ0) is 11.8. The number of para-hydroxylation sites is 2. The molecule has 0 atom stereocenters. The lowest BCUT2D eigenvalue weighted by Crippen LogP contribution is -2.12. The molecule has 0 aliphatic heterocycles. The van der Waals surface area contributed by atoms with Crippen LogP contribution in [0.2, 0.25) is 0 Å². The molecule has 0 fully saturated rings. The maximum absolute atomic E-state index is 11.2. The van der Waals surface area contributed by atoms with Gasteiger partial charge in [-0.1, -0.05) is 12.1 Å². The van der Waals surface area contributed by atoms with Crippen LogP contribution < -0.4 is 9.47 Å². The van der Waals surface area contributed by atoms with Crippen molar-refractivity contribution in [2.24, 2.45) is 0 Å². The lowest BCUT2D eigenvalue weighted by Gasteiger charge is -2.08. The molecule has 0 amide bonds. The first kappa shape index (κ1) is 12.3. The van der Waals surface area contributed by atoms with Crippen molar-refractivity contribution in [3.8, 4) is 11.5 Å². The van der Waals surface area contributed by atoms with Crippen LogP contribution in [-0.4, -0.2) is 31.6 Å². The molecule has 1 aromatic rings. The van der Waals surface area contributed by atoms with Crippen molar-refractivity contribution in [3.05, 3.63) is 24.3 Å². The van der Waals surface area contributed by atoms with Gasteiger partial charge in [-0.05, 0) is 12.1 Å². The second-order valence-corrected chi connectivity index (χ2v) is 2.93. The van der Waals surface area contributed by atoms with Crippen LogP contribution in [0.3, 0.4) is 0 Å². The Hall–Kier alpha value is -1.75. The van der Waals surface area contributed by atoms with Crippen molar-refractivity contribution in [2.45, 2.75) is 6.42 Å². The summed E-state index contributed by atoms with van der Waals surface area (Å²) in [5, 5.41) is 8.50. The van der Waals surface area contributed by atoms with Gasteiger partial charge in [0.25, 0.3) is 0 Å². The molecule has 0 bridgehead atoms. The minimum Gasteiger partial charge on any atom is -0.493 e. The van der Waals surface area contributed by atoms with Gasteiger partial charge in [0.1, 0.15) is 0 Å². The lowest BCUT2D eigenvalue weighted by atomic mass is 10.3. The number of hydrogen-bond donors (Lipinski definition) is 1. The van der Waals surface area contributed by atoms with Gasteiger partial charge in [-0.2, -0.15) is 0 Å². The first-order valence-electron chi connectivity index (χ1n) is 4.86. The summed E-state index contributed by atoms with van der Waals surface area (Å²) in [7, 11) is 1.49. The Morgan fingerprint density at radius 2 is 2.00 bits per heavy atom. The van der Waals surface area contributed by atoms with E-state index in [4.69, 9.17) is 19.3 Å². The number of benzene rings is 1. The first-order chi connectivity index (χ1) is 7.77. The van der Waals surface area contributed by atoms with Gasteiger partial charge in [0.15, 0.2) is 11.5 Å². The summed E-state index contributed by atoms with van der Waals surface area (Å²) in [4.78, 5) is 11.2. The summed E-state index contributed by atoms with van der Waals surface area (Å²) in [6, 6.07) is 6.77. The molecular weight excluding hydrogens is 212 g/mol. The van der Waals surface area contributed by atoms with Gasteiger partial charge in [0.05, 0.1) is 13.7 Å². The predicted molar refractivity (Wildman–Crippen MR) is 56.7 cm³/mol. The van der Waals surface area contributed by atoms with Crippen LogP contribution in [0.25, 0.3) is 0 Å². The summed E-state index contributed by atoms with van der Waals surface area (Å²) in [5.41, 5.74) is 0. The largest absolute Gasteiger partial charge is 0.513 e. The molecule has 88 valence electrons. The van der Waals surface area contributed by atoms with Crippen LogP contribution in [-0.2, 0) is 4.74 Å². The van der Waals surface area contributed by atoms with Gasteiger partial charge < -0.3 is 19.3 Å². The normalized spacial score (nSPS) is 9.62. The maximum atomic E-state index is 11.2. The average molecular weight is 226 g/mol. The van der Waals surface area contributed by atoms with Gasteiger partial charge in [-0.15, -0.1) is 0 Å². The zero-order valence-corrected chi connectivity index (χ0v) is 9.01. The Kier molecular flexibility index (Phi) is 5.15. The van der Waals surface area contributed by atoms with E-state index in [-0.39, 0.29) is 13.2 Å². The third-order valence-corrected chi connectivity index (χ3v) is 1.78. The molecule has 5 heteroatoms. The third-order valence-electron chi connectivity index (χ3n) is 1.78. The van der Waals surface area contributed by atoms with E-state index in [1.165, 1.54) is 7.11 Å². The molecule has 0 spiro atoms. The average Bonchev–Trinajstić information content (AvgIpc) is 2.30. The highest BCUT2D eigenvalue weighted by atomic mass is 16.7. The van der Waals surface area contributed by atoms with Crippen molar-refractivity contribution in [2.75, 3.05) is 20.3 Å². The summed E-state index contributed by atoms with van der Waals surface area (Å²) in [5.74, 6) is 0.764. The van der Waals surface area contributed by atoms with Crippen molar-refractivity contribution in [3.63, 3.8) is 0 Å². The van der Waals surface area contributed by atoms with Gasteiger partial charge in [0, 0.05) is 13.0 Å². The second kappa shape index (κ2) is 6.68. The number of hydrogen-bond acceptors (Lipinski definition) is 5. The Balaban J connectivity index is 2.49. The van der Waals surface area contributed by atoms with E-state index < -0.39 is 6.16 Å². The van der Waals surface area contributed by atoms with Gasteiger partial charge in [0.2, 0.25) is 0 Å². The second-order valence-electron chi connectivity index (χ2n) is 2.93. The van der Waals surface area contributed by atoms with E-state index in [0.717, 1.165) is 0 Å². The Labute approximate surface area is 93.6 Å². The number of aliphatic hydroxyl groups is 1. The van der Waals surface area contributed by atoms with Crippen LogP contribution in [0.5, 0.6) is 11.5 Å². The van der Waals surface area contributed by atoms with Crippen molar-refractivity contribution in [1.82, 2.24) is 0 Å². The van der Waals surface area contributed by atoms with E-state index in [1.807, 2.05) is 0 Å². The first-order valence-corrected chi connectivity index (χ1v) is 4.86. The van der Waals surface area contributed by atoms with Gasteiger partial charge in [-0.25, -0.2) is 4.79 Å². The molecule has 0 heterocycles. The number of aliphatic hydroxyl groups excluding tert-OH is 1. The molecule has 0 aliphatic rings. The molecule has 1 N–H and O–H groups in total. The molecule has 5 nitrogen and oxygen atoms in total. The lowest BCUT2D eigenvalue weighted by molar-refractivity contribution is 0.0914. The number of methoxy groups -OCH3 is 1. The van der Waals surface area contributed by atoms with Crippen molar-refractivity contribution < 1.29 is 24.1 Å². The number of carbonyl (C=O) groups is 1. The van der Waals surface area contributed by atoms with Gasteiger partial charge in [-0.3, -0.25) is 0 Å². The van der Waals surface area contributed by atoms with E-state index in [0.29, 0.717) is 17.9 Å². The number of carbonyl (C=O) groups excluding carboxylic acids is 1. The molecule has 0 aromatic heterocycles. The summed E-state index contributed by atoms with van der Waals surface area (Å²) < 4.78 is 14.6. The summed E-state index contributed by atoms with van der Waals surface area (Å²) >= 11 is 0. The molecule has 16 heavy (non-hydrogen) atoms. The van der Waals surface area contributed by atoms with E-state index in [2.05, 4.69) is 0 Å². The number of ether oxygens (including phenoxy) is 3. The minimum atomic E-state index is -0.807. The van der Waals surface area contributed by atoms with Crippen molar-refractivity contribution >= 4 is 6.16 Å². The van der Waals surface area contributed by atoms with Crippen LogP contribution in [0.15, 0.2) is 24.3 Å². The molecular formula is C11H14O5. The zero-order valence-electron chi connectivity index (χ0n) is 9.01. The molecule has 1 rings (SSSR count). The van der Waals surface area contributed by atoms with Crippen molar-refractivity contribution in [1.29, 1.82) is 0 Å². The highest BCUT2D eigenvalue weighted by Crippen LogP contribution is 2.25. The van der Waals surface area contributed by atoms with Gasteiger partial charge >= 0.3 is 6.16 Å². The van der Waals surface area contributed by atoms with E-state index >= 15 is 0 Å². The molecule has 1 aromatic carbocycles. The SMILES string of the molecule is COc1ccccc1OC(=O)OCCCO. The fraction of sp³-hybridized carbons (Fsp3) is 0.364. The predicted octanol–water partition coefficient (Wildman–Crippen LogP) is 1.59. The Morgan fingerprint density at radius 1 is 1.31 bits per heavy atom. The number of rotatable bonds is 5.